The normalized spacial score (nSPS) is 13.1. The topological polar surface area (TPSA) is 160 Å². The van der Waals surface area contributed by atoms with Crippen LogP contribution in [0.4, 0.5) is 0 Å². The third-order valence-electron chi connectivity index (χ3n) is 5.37. The van der Waals surface area contributed by atoms with Crippen molar-refractivity contribution in [1.29, 1.82) is 0 Å². The van der Waals surface area contributed by atoms with Gasteiger partial charge in [0.25, 0.3) is 5.56 Å². The summed E-state index contributed by atoms with van der Waals surface area (Å²) in [5.41, 5.74) is 0.293. The van der Waals surface area contributed by atoms with E-state index in [0.717, 1.165) is 0 Å². The number of sulfonamides is 1. The summed E-state index contributed by atoms with van der Waals surface area (Å²) in [7, 11) is -4.08. The zero-order valence-electron chi connectivity index (χ0n) is 18.9. The van der Waals surface area contributed by atoms with Crippen LogP contribution in [-0.4, -0.2) is 35.1 Å². The number of H-pyrrole nitrogens is 1. The summed E-state index contributed by atoms with van der Waals surface area (Å²) in [6.07, 6.45) is 1.32. The van der Waals surface area contributed by atoms with Gasteiger partial charge in [0, 0.05) is 31.3 Å². The van der Waals surface area contributed by atoms with Crippen LogP contribution in [0.2, 0.25) is 0 Å². The summed E-state index contributed by atoms with van der Waals surface area (Å²) in [5, 5.41) is 8.98. The van der Waals surface area contributed by atoms with E-state index >= 15 is 0 Å². The van der Waals surface area contributed by atoms with Crippen LogP contribution in [-0.2, 0) is 21.4 Å². The van der Waals surface area contributed by atoms with Gasteiger partial charge in [-0.25, -0.2) is 23.4 Å². The molecule has 1 heterocycles. The van der Waals surface area contributed by atoms with E-state index in [1.54, 1.807) is 19.1 Å². The number of hydroxylamine groups is 1. The molecule has 0 aliphatic carbocycles. The van der Waals surface area contributed by atoms with Crippen molar-refractivity contribution < 1.29 is 23.2 Å². The molecule has 0 aliphatic rings. The van der Waals surface area contributed by atoms with E-state index in [1.165, 1.54) is 46.6 Å². The van der Waals surface area contributed by atoms with E-state index in [0.29, 0.717) is 17.9 Å². The monoisotopic (exact) mass is 502 g/mol. The molecule has 2 unspecified atom stereocenters. The Morgan fingerprint density at radius 3 is 2.31 bits per heavy atom. The second-order valence-electron chi connectivity index (χ2n) is 7.78. The lowest BCUT2D eigenvalue weighted by Crippen LogP contribution is -2.45. The molecular formula is C23H26N4O7S. The van der Waals surface area contributed by atoms with Crippen LogP contribution in [0.3, 0.4) is 0 Å². The second-order valence-corrected chi connectivity index (χ2v) is 9.50. The lowest BCUT2D eigenvalue weighted by Gasteiger charge is -2.27. The van der Waals surface area contributed by atoms with Gasteiger partial charge in [0.1, 0.15) is 11.5 Å². The van der Waals surface area contributed by atoms with Gasteiger partial charge in [-0.15, -0.1) is 0 Å². The Bertz CT molecular complexity index is 1350. The first kappa shape index (κ1) is 25.9. The van der Waals surface area contributed by atoms with Gasteiger partial charge < -0.3 is 9.30 Å². The number of hydrogen-bond acceptors (Lipinski definition) is 7. The molecule has 0 saturated carbocycles. The number of carbonyl (C=O) groups excluding carboxylic acids is 1. The van der Waals surface area contributed by atoms with E-state index in [1.807, 2.05) is 18.2 Å². The van der Waals surface area contributed by atoms with Crippen molar-refractivity contribution in [3.63, 3.8) is 0 Å². The molecule has 1 aromatic heterocycles. The van der Waals surface area contributed by atoms with Gasteiger partial charge in [-0.3, -0.25) is 19.8 Å². The molecule has 35 heavy (non-hydrogen) atoms. The van der Waals surface area contributed by atoms with Crippen LogP contribution in [0.25, 0.3) is 0 Å². The van der Waals surface area contributed by atoms with Gasteiger partial charge in [-0.05, 0) is 42.3 Å². The van der Waals surface area contributed by atoms with Crippen molar-refractivity contribution in [2.24, 2.45) is 5.92 Å². The molecule has 0 aliphatic heterocycles. The van der Waals surface area contributed by atoms with Gasteiger partial charge >= 0.3 is 5.69 Å². The van der Waals surface area contributed by atoms with E-state index in [4.69, 9.17) is 9.94 Å². The zero-order valence-corrected chi connectivity index (χ0v) is 19.7. The van der Waals surface area contributed by atoms with E-state index < -0.39 is 39.1 Å². The van der Waals surface area contributed by atoms with E-state index in [2.05, 4.69) is 9.71 Å². The number of rotatable bonds is 11. The predicted octanol–water partition coefficient (Wildman–Crippen LogP) is 1.60. The highest BCUT2D eigenvalue weighted by Crippen LogP contribution is 2.24. The molecule has 3 rings (SSSR count). The fraction of sp³-hybridized carbons (Fsp3) is 0.261. The lowest BCUT2D eigenvalue weighted by molar-refractivity contribution is -0.129. The summed E-state index contributed by atoms with van der Waals surface area (Å²) in [6, 6.07) is 15.0. The van der Waals surface area contributed by atoms with Crippen LogP contribution < -0.4 is 26.2 Å². The Labute approximate surface area is 201 Å². The molecule has 0 saturated heterocycles. The largest absolute Gasteiger partial charge is 0.457 e. The molecule has 0 spiro atoms. The van der Waals surface area contributed by atoms with Crippen molar-refractivity contribution in [2.45, 2.75) is 37.2 Å². The van der Waals surface area contributed by atoms with Gasteiger partial charge in [0.2, 0.25) is 15.9 Å². The molecule has 0 bridgehead atoms. The zero-order chi connectivity index (χ0) is 25.4. The van der Waals surface area contributed by atoms with Crippen LogP contribution in [0.5, 0.6) is 11.5 Å². The minimum atomic E-state index is -4.08. The molecule has 4 N–H and O–H groups in total. The molecule has 1 amide bonds. The highest BCUT2D eigenvalue weighted by atomic mass is 32.2. The van der Waals surface area contributed by atoms with Gasteiger partial charge in [-0.2, -0.15) is 0 Å². The third kappa shape index (κ3) is 7.12. The lowest BCUT2D eigenvalue weighted by atomic mass is 9.94. The number of aromatic amines is 1. The molecule has 12 heteroatoms. The van der Waals surface area contributed by atoms with E-state index in [-0.39, 0.29) is 17.9 Å². The maximum absolute atomic E-state index is 13.1. The smallest absolute Gasteiger partial charge is 0.328 e. The van der Waals surface area contributed by atoms with Gasteiger partial charge in [0.15, 0.2) is 0 Å². The SMILES string of the molecule is CCC(Cn1ccc(=O)[nH]c1=O)C(CC(=O)NO)NS(=O)(=O)c1ccc(Oc2ccccc2)cc1. The number of nitrogens with one attached hydrogen (secondary N) is 3. The summed E-state index contributed by atoms with van der Waals surface area (Å²) >= 11 is 0. The maximum atomic E-state index is 13.1. The number of amides is 1. The summed E-state index contributed by atoms with van der Waals surface area (Å²) in [4.78, 5) is 37.4. The molecule has 11 nitrogen and oxygen atoms in total. The molecule has 0 fully saturated rings. The van der Waals surface area contributed by atoms with Crippen LogP contribution in [0, 0.1) is 5.92 Å². The highest BCUT2D eigenvalue weighted by molar-refractivity contribution is 7.89. The van der Waals surface area contributed by atoms with Crippen LogP contribution in [0.15, 0.2) is 81.3 Å². The molecule has 0 radical (unpaired) electrons. The van der Waals surface area contributed by atoms with Gasteiger partial charge in [0.05, 0.1) is 4.90 Å². The standard InChI is InChI=1S/C23H26N4O7S/c1-2-16(15-27-13-12-21(28)24-23(27)30)20(14-22(29)25-31)26-35(32,33)19-10-8-18(9-11-19)34-17-6-4-3-5-7-17/h3-13,16,20,26,31H,2,14-15H2,1H3,(H,25,29)(H,24,28,30). The number of para-hydroxylation sites is 1. The Morgan fingerprint density at radius 2 is 1.71 bits per heavy atom. The van der Waals surface area contributed by atoms with Crippen LogP contribution in [0.1, 0.15) is 19.8 Å². The Kier molecular flexibility index (Phi) is 8.58. The Balaban J connectivity index is 1.81. The second kappa shape index (κ2) is 11.6. The van der Waals surface area contributed by atoms with Crippen molar-refractivity contribution >= 4 is 15.9 Å². The first-order valence-electron chi connectivity index (χ1n) is 10.8. The molecular weight excluding hydrogens is 476 g/mol. The first-order chi connectivity index (χ1) is 16.7. The Morgan fingerprint density at radius 1 is 1.06 bits per heavy atom. The first-order valence-corrected chi connectivity index (χ1v) is 12.3. The number of benzene rings is 2. The average molecular weight is 503 g/mol. The number of carbonyl (C=O) groups is 1. The number of ether oxygens (including phenoxy) is 1. The molecule has 2 aromatic carbocycles. The minimum absolute atomic E-state index is 0.0296. The van der Waals surface area contributed by atoms with Crippen molar-refractivity contribution in [3.8, 4) is 11.5 Å². The Hall–Kier alpha value is -3.74. The van der Waals surface area contributed by atoms with Crippen LogP contribution >= 0.6 is 0 Å². The number of nitrogens with zero attached hydrogens (tertiary/aromatic N) is 1. The number of hydrogen-bond donors (Lipinski definition) is 4. The quantitative estimate of drug-likeness (QED) is 0.229. The van der Waals surface area contributed by atoms with Crippen molar-refractivity contribution in [3.05, 3.63) is 87.7 Å². The van der Waals surface area contributed by atoms with Gasteiger partial charge in [-0.1, -0.05) is 31.5 Å². The van der Waals surface area contributed by atoms with Crippen molar-refractivity contribution in [2.75, 3.05) is 0 Å². The fourth-order valence-electron chi connectivity index (χ4n) is 3.51. The van der Waals surface area contributed by atoms with Crippen molar-refractivity contribution in [1.82, 2.24) is 19.8 Å². The maximum Gasteiger partial charge on any atom is 0.328 e. The third-order valence-corrected chi connectivity index (χ3v) is 6.88. The molecule has 2 atom stereocenters. The molecule has 186 valence electrons. The minimum Gasteiger partial charge on any atom is -0.457 e. The fourth-order valence-corrected chi connectivity index (χ4v) is 4.82. The summed E-state index contributed by atoms with van der Waals surface area (Å²) < 4.78 is 35.6. The average Bonchev–Trinajstić information content (AvgIpc) is 2.84. The molecule has 3 aromatic rings. The number of aromatic nitrogens is 2. The predicted molar refractivity (Wildman–Crippen MR) is 127 cm³/mol. The summed E-state index contributed by atoms with van der Waals surface area (Å²) in [6.45, 7) is 1.80. The van der Waals surface area contributed by atoms with E-state index in [9.17, 15) is 22.8 Å². The summed E-state index contributed by atoms with van der Waals surface area (Å²) in [5.74, 6) is -0.280. The highest BCUT2D eigenvalue weighted by Gasteiger charge is 2.29.